The van der Waals surface area contributed by atoms with Crippen molar-refractivity contribution in [1.29, 1.82) is 0 Å². The van der Waals surface area contributed by atoms with Crippen LogP contribution >= 0.6 is 0 Å². The summed E-state index contributed by atoms with van der Waals surface area (Å²) in [6.45, 7) is 1.45. The van der Waals surface area contributed by atoms with E-state index in [0.717, 1.165) is 5.69 Å². The highest BCUT2D eigenvalue weighted by Gasteiger charge is 2.40. The number of hydrogen-bond acceptors (Lipinski definition) is 2. The van der Waals surface area contributed by atoms with Gasteiger partial charge >= 0.3 is 6.18 Å². The maximum absolute atomic E-state index is 12.5. The first-order valence-electron chi connectivity index (χ1n) is 5.58. The molecule has 0 saturated heterocycles. The van der Waals surface area contributed by atoms with Crippen molar-refractivity contribution in [3.8, 4) is 0 Å². The third-order valence-corrected chi connectivity index (χ3v) is 2.98. The maximum atomic E-state index is 12.5. The van der Waals surface area contributed by atoms with E-state index in [9.17, 15) is 13.2 Å². The van der Waals surface area contributed by atoms with E-state index >= 15 is 0 Å². The van der Waals surface area contributed by atoms with Gasteiger partial charge < -0.3 is 9.64 Å². The lowest BCUT2D eigenvalue weighted by atomic mass is 9.91. The largest absolute Gasteiger partial charge is 0.392 e. The molecule has 0 N–H and O–H groups in total. The Morgan fingerprint density at radius 1 is 1.11 bits per heavy atom. The zero-order valence-corrected chi connectivity index (χ0v) is 11.0. The molecule has 102 valence electrons. The van der Waals surface area contributed by atoms with Crippen LogP contribution < -0.4 is 4.90 Å². The summed E-state index contributed by atoms with van der Waals surface area (Å²) in [5, 5.41) is 0. The normalized spacial score (nSPS) is 15.3. The van der Waals surface area contributed by atoms with Crippen molar-refractivity contribution in [1.82, 2.24) is 0 Å². The lowest BCUT2D eigenvalue weighted by Gasteiger charge is -2.30. The Kier molecular flexibility index (Phi) is 4.27. The van der Waals surface area contributed by atoms with E-state index in [2.05, 4.69) is 0 Å². The highest BCUT2D eigenvalue weighted by Crippen LogP contribution is 2.37. The van der Waals surface area contributed by atoms with Crippen molar-refractivity contribution in [2.24, 2.45) is 0 Å². The molecule has 0 aliphatic heterocycles. The lowest BCUT2D eigenvalue weighted by Crippen LogP contribution is -2.31. The predicted molar refractivity (Wildman–Crippen MR) is 65.8 cm³/mol. The Hall–Kier alpha value is -1.23. The average molecular weight is 261 g/mol. The Balaban J connectivity index is 3.01. The van der Waals surface area contributed by atoms with E-state index in [1.54, 1.807) is 24.3 Å². The van der Waals surface area contributed by atoms with Crippen LogP contribution in [0.5, 0.6) is 0 Å². The third kappa shape index (κ3) is 3.63. The number of halogens is 3. The van der Waals surface area contributed by atoms with Gasteiger partial charge in [-0.2, -0.15) is 13.2 Å². The molecule has 1 aromatic rings. The van der Waals surface area contributed by atoms with Gasteiger partial charge in [-0.15, -0.1) is 0 Å². The fourth-order valence-electron chi connectivity index (χ4n) is 1.79. The van der Waals surface area contributed by atoms with Crippen LogP contribution in [0.1, 0.15) is 18.9 Å². The summed E-state index contributed by atoms with van der Waals surface area (Å²) in [5.74, 6) is 0. The van der Waals surface area contributed by atoms with Gasteiger partial charge in [0.05, 0.1) is 12.0 Å². The number of alkyl halides is 3. The first kappa shape index (κ1) is 14.8. The fraction of sp³-hybridized carbons (Fsp3) is 0.538. The minimum Gasteiger partial charge on any atom is -0.378 e. The Labute approximate surface area is 105 Å². The molecule has 0 saturated carbocycles. The number of methoxy groups -OCH3 is 1. The summed E-state index contributed by atoms with van der Waals surface area (Å²) < 4.78 is 42.7. The second-order valence-electron chi connectivity index (χ2n) is 4.67. The summed E-state index contributed by atoms with van der Waals surface area (Å²) in [5.41, 5.74) is 0.112. The topological polar surface area (TPSA) is 12.5 Å². The molecule has 0 heterocycles. The summed E-state index contributed by atoms with van der Waals surface area (Å²) in [4.78, 5) is 1.89. The number of ether oxygens (including phenoxy) is 1. The summed E-state index contributed by atoms with van der Waals surface area (Å²) in [7, 11) is 5.05. The quantitative estimate of drug-likeness (QED) is 0.821. The minimum atomic E-state index is -4.26. The molecule has 0 bridgehead atoms. The molecular formula is C13H18F3NO. The number of anilines is 1. The smallest absolute Gasteiger partial charge is 0.378 e. The molecule has 1 unspecified atom stereocenters. The van der Waals surface area contributed by atoms with Crippen molar-refractivity contribution in [3.05, 3.63) is 29.8 Å². The molecule has 1 atom stereocenters. The fourth-order valence-corrected chi connectivity index (χ4v) is 1.79. The number of hydrogen-bond donors (Lipinski definition) is 0. The second-order valence-corrected chi connectivity index (χ2v) is 4.67. The van der Waals surface area contributed by atoms with Crippen molar-refractivity contribution in [2.45, 2.75) is 25.1 Å². The highest BCUT2D eigenvalue weighted by atomic mass is 19.4. The molecule has 0 spiro atoms. The second kappa shape index (κ2) is 5.18. The molecule has 0 aromatic heterocycles. The highest BCUT2D eigenvalue weighted by molar-refractivity contribution is 5.46. The molecule has 0 aliphatic carbocycles. The van der Waals surface area contributed by atoms with Crippen molar-refractivity contribution >= 4 is 5.69 Å². The summed E-state index contributed by atoms with van der Waals surface area (Å²) in [6.07, 6.45) is -5.26. The van der Waals surface area contributed by atoms with Crippen LogP contribution in [0.4, 0.5) is 18.9 Å². The summed E-state index contributed by atoms with van der Waals surface area (Å²) >= 11 is 0. The van der Waals surface area contributed by atoms with Crippen LogP contribution in [0.2, 0.25) is 0 Å². The number of nitrogens with zero attached hydrogens (tertiary/aromatic N) is 1. The zero-order chi connectivity index (χ0) is 14.0. The van der Waals surface area contributed by atoms with Gasteiger partial charge in [-0.1, -0.05) is 12.1 Å². The Morgan fingerprint density at radius 3 is 1.94 bits per heavy atom. The molecule has 1 aromatic carbocycles. The molecule has 0 radical (unpaired) electrons. The van der Waals surface area contributed by atoms with Crippen LogP contribution in [0.15, 0.2) is 24.3 Å². The van der Waals surface area contributed by atoms with E-state index in [1.165, 1.54) is 14.0 Å². The molecule has 0 fully saturated rings. The average Bonchev–Trinajstić information content (AvgIpc) is 2.27. The van der Waals surface area contributed by atoms with Gasteiger partial charge in [0.2, 0.25) is 0 Å². The van der Waals surface area contributed by atoms with Crippen LogP contribution in [0.3, 0.4) is 0 Å². The van der Waals surface area contributed by atoms with Crippen LogP contribution in [0, 0.1) is 0 Å². The predicted octanol–water partition coefficient (Wildman–Crippen LogP) is 3.57. The molecule has 1 rings (SSSR count). The number of rotatable bonds is 4. The van der Waals surface area contributed by atoms with E-state index in [4.69, 9.17) is 4.74 Å². The van der Waals surface area contributed by atoms with Crippen LogP contribution in [0.25, 0.3) is 0 Å². The first-order chi connectivity index (χ1) is 8.18. The maximum Gasteiger partial charge on any atom is 0.392 e. The van der Waals surface area contributed by atoms with Gasteiger partial charge in [0, 0.05) is 26.9 Å². The van der Waals surface area contributed by atoms with Crippen molar-refractivity contribution in [3.63, 3.8) is 0 Å². The van der Waals surface area contributed by atoms with Gasteiger partial charge in [0.1, 0.15) is 0 Å². The van der Waals surface area contributed by atoms with Crippen LogP contribution in [-0.2, 0) is 10.3 Å². The molecule has 0 aliphatic rings. The minimum absolute atomic E-state index is 0.521. The van der Waals surface area contributed by atoms with Crippen molar-refractivity contribution < 1.29 is 17.9 Å². The zero-order valence-electron chi connectivity index (χ0n) is 11.0. The van der Waals surface area contributed by atoms with E-state index < -0.39 is 18.2 Å². The SMILES string of the molecule is COC(C)(CC(F)(F)F)c1ccc(N(C)C)cc1. The first-order valence-corrected chi connectivity index (χ1v) is 5.58. The summed E-state index contributed by atoms with van der Waals surface area (Å²) in [6, 6.07) is 6.90. The van der Waals surface area contributed by atoms with Gasteiger partial charge in [-0.3, -0.25) is 0 Å². The monoisotopic (exact) mass is 261 g/mol. The molecule has 0 amide bonds. The van der Waals surface area contributed by atoms with Crippen molar-refractivity contribution in [2.75, 3.05) is 26.1 Å². The van der Waals surface area contributed by atoms with Crippen LogP contribution in [-0.4, -0.2) is 27.4 Å². The van der Waals surface area contributed by atoms with E-state index in [0.29, 0.717) is 5.56 Å². The standard InChI is InChI=1S/C13H18F3NO/c1-12(18-4,9-13(14,15)16)10-5-7-11(8-6-10)17(2)3/h5-8H,9H2,1-4H3. The van der Waals surface area contributed by atoms with Gasteiger partial charge in [0.15, 0.2) is 0 Å². The molecular weight excluding hydrogens is 243 g/mol. The van der Waals surface area contributed by atoms with E-state index in [-0.39, 0.29) is 0 Å². The van der Waals surface area contributed by atoms with Gasteiger partial charge in [-0.25, -0.2) is 0 Å². The molecule has 18 heavy (non-hydrogen) atoms. The molecule has 5 heteroatoms. The number of benzene rings is 1. The van der Waals surface area contributed by atoms with E-state index in [1.807, 2.05) is 19.0 Å². The van der Waals surface area contributed by atoms with Gasteiger partial charge in [-0.05, 0) is 24.6 Å². The Bertz CT molecular complexity index is 386. The van der Waals surface area contributed by atoms with Gasteiger partial charge in [0.25, 0.3) is 0 Å². The lowest BCUT2D eigenvalue weighted by molar-refractivity contribution is -0.181. The molecule has 2 nitrogen and oxygen atoms in total. The third-order valence-electron chi connectivity index (χ3n) is 2.98. The Morgan fingerprint density at radius 2 is 1.61 bits per heavy atom.